The Balaban J connectivity index is 1.88. The molecule has 2 rings (SSSR count). The molecule has 3 heteroatoms. The number of rotatable bonds is 5. The van der Waals surface area contributed by atoms with Gasteiger partial charge in [0.25, 0.3) is 0 Å². The summed E-state index contributed by atoms with van der Waals surface area (Å²) in [6.07, 6.45) is 6.86. The molecule has 0 fully saturated rings. The van der Waals surface area contributed by atoms with Crippen molar-refractivity contribution >= 4 is 15.9 Å². The summed E-state index contributed by atoms with van der Waals surface area (Å²) in [5, 5.41) is 0. The standard InChI is InChI=1S/C16H21BrO2/c1-12-5-3-4-6-13(12)10-19-11-14-9-15(17)7-8-16(14)18-2/h3-4,7-9,12-13H,5-6,10-11H2,1-2H3. The van der Waals surface area contributed by atoms with Gasteiger partial charge in [-0.15, -0.1) is 0 Å². The average Bonchev–Trinajstić information content (AvgIpc) is 2.41. The molecule has 0 spiro atoms. The summed E-state index contributed by atoms with van der Waals surface area (Å²) in [6.45, 7) is 3.73. The van der Waals surface area contributed by atoms with Crippen molar-refractivity contribution in [3.05, 3.63) is 40.4 Å². The first-order valence-corrected chi connectivity index (χ1v) is 7.55. The van der Waals surface area contributed by atoms with Gasteiger partial charge in [0.15, 0.2) is 0 Å². The van der Waals surface area contributed by atoms with Crippen LogP contribution in [0.5, 0.6) is 5.75 Å². The van der Waals surface area contributed by atoms with Crippen LogP contribution >= 0.6 is 15.9 Å². The summed E-state index contributed by atoms with van der Waals surface area (Å²) in [5.74, 6) is 2.25. The molecular weight excluding hydrogens is 304 g/mol. The van der Waals surface area contributed by atoms with Crippen molar-refractivity contribution in [2.24, 2.45) is 11.8 Å². The van der Waals surface area contributed by atoms with Crippen LogP contribution in [-0.2, 0) is 11.3 Å². The maximum Gasteiger partial charge on any atom is 0.124 e. The Morgan fingerprint density at radius 3 is 2.79 bits per heavy atom. The maximum absolute atomic E-state index is 5.89. The Hall–Kier alpha value is -0.800. The molecule has 104 valence electrons. The summed E-state index contributed by atoms with van der Waals surface area (Å²) in [4.78, 5) is 0. The van der Waals surface area contributed by atoms with E-state index in [9.17, 15) is 0 Å². The van der Waals surface area contributed by atoms with Crippen molar-refractivity contribution in [2.75, 3.05) is 13.7 Å². The first kappa shape index (κ1) is 14.6. The largest absolute Gasteiger partial charge is 0.496 e. The number of allylic oxidation sites excluding steroid dienone is 2. The van der Waals surface area contributed by atoms with Gasteiger partial charge in [-0.25, -0.2) is 0 Å². The Morgan fingerprint density at radius 2 is 2.05 bits per heavy atom. The molecule has 2 nitrogen and oxygen atoms in total. The molecule has 2 unspecified atom stereocenters. The van der Waals surface area contributed by atoms with Crippen molar-refractivity contribution in [1.82, 2.24) is 0 Å². The smallest absolute Gasteiger partial charge is 0.124 e. The SMILES string of the molecule is COc1ccc(Br)cc1COCC1CC=CCC1C. The first-order chi connectivity index (χ1) is 9.20. The first-order valence-electron chi connectivity index (χ1n) is 6.76. The molecule has 2 atom stereocenters. The lowest BCUT2D eigenvalue weighted by Crippen LogP contribution is -2.19. The van der Waals surface area contributed by atoms with E-state index in [0.717, 1.165) is 34.7 Å². The van der Waals surface area contributed by atoms with Gasteiger partial charge in [0.2, 0.25) is 0 Å². The minimum Gasteiger partial charge on any atom is -0.496 e. The Bertz CT molecular complexity index is 442. The van der Waals surface area contributed by atoms with Gasteiger partial charge in [0.1, 0.15) is 5.75 Å². The normalized spacial score (nSPS) is 22.5. The van der Waals surface area contributed by atoms with Crippen LogP contribution in [0.2, 0.25) is 0 Å². The molecule has 1 aromatic rings. The fourth-order valence-electron chi connectivity index (χ4n) is 2.42. The molecule has 1 aliphatic rings. The van der Waals surface area contributed by atoms with Crippen molar-refractivity contribution in [2.45, 2.75) is 26.4 Å². The summed E-state index contributed by atoms with van der Waals surface area (Å²) < 4.78 is 12.3. The third-order valence-corrected chi connectivity index (χ3v) is 4.24. The number of halogens is 1. The lowest BCUT2D eigenvalue weighted by atomic mass is 9.85. The van der Waals surface area contributed by atoms with Gasteiger partial charge in [-0.1, -0.05) is 35.0 Å². The van der Waals surface area contributed by atoms with E-state index in [1.165, 1.54) is 6.42 Å². The highest BCUT2D eigenvalue weighted by Crippen LogP contribution is 2.27. The second-order valence-corrected chi connectivity index (χ2v) is 6.07. The summed E-state index contributed by atoms with van der Waals surface area (Å²) in [6, 6.07) is 6.01. The molecule has 0 amide bonds. The summed E-state index contributed by atoms with van der Waals surface area (Å²) >= 11 is 3.48. The third-order valence-electron chi connectivity index (χ3n) is 3.75. The third kappa shape index (κ3) is 4.08. The Morgan fingerprint density at radius 1 is 1.26 bits per heavy atom. The zero-order valence-corrected chi connectivity index (χ0v) is 13.2. The van der Waals surface area contributed by atoms with Gasteiger partial charge in [-0.2, -0.15) is 0 Å². The molecule has 0 heterocycles. The molecular formula is C16H21BrO2. The molecule has 0 radical (unpaired) electrons. The highest BCUT2D eigenvalue weighted by Gasteiger charge is 2.18. The molecule has 19 heavy (non-hydrogen) atoms. The van der Waals surface area contributed by atoms with E-state index in [4.69, 9.17) is 9.47 Å². The summed E-state index contributed by atoms with van der Waals surface area (Å²) in [7, 11) is 1.70. The fourth-order valence-corrected chi connectivity index (χ4v) is 2.83. The zero-order valence-electron chi connectivity index (χ0n) is 11.6. The molecule has 0 saturated carbocycles. The average molecular weight is 325 g/mol. The Kier molecular flexibility index (Phi) is 5.46. The predicted octanol–water partition coefficient (Wildman–Crippen LogP) is 4.58. The minimum atomic E-state index is 0.607. The quantitative estimate of drug-likeness (QED) is 0.738. The topological polar surface area (TPSA) is 18.5 Å². The number of benzene rings is 1. The van der Waals surface area contributed by atoms with Crippen molar-refractivity contribution in [3.8, 4) is 5.75 Å². The van der Waals surface area contributed by atoms with E-state index in [0.29, 0.717) is 12.5 Å². The van der Waals surface area contributed by atoms with E-state index >= 15 is 0 Å². The van der Waals surface area contributed by atoms with Gasteiger partial charge in [0.05, 0.1) is 20.3 Å². The van der Waals surface area contributed by atoms with Crippen LogP contribution in [0, 0.1) is 11.8 Å². The van der Waals surface area contributed by atoms with Crippen LogP contribution < -0.4 is 4.74 Å². The van der Waals surface area contributed by atoms with Gasteiger partial charge in [0, 0.05) is 10.0 Å². The second-order valence-electron chi connectivity index (χ2n) is 5.15. The van der Waals surface area contributed by atoms with Crippen LogP contribution in [-0.4, -0.2) is 13.7 Å². The van der Waals surface area contributed by atoms with Crippen molar-refractivity contribution < 1.29 is 9.47 Å². The van der Waals surface area contributed by atoms with E-state index in [1.807, 2.05) is 12.1 Å². The Labute approximate surface area is 123 Å². The van der Waals surface area contributed by atoms with Gasteiger partial charge < -0.3 is 9.47 Å². The molecule has 0 N–H and O–H groups in total. The molecule has 0 aliphatic heterocycles. The van der Waals surface area contributed by atoms with Gasteiger partial charge >= 0.3 is 0 Å². The lowest BCUT2D eigenvalue weighted by Gasteiger charge is -2.25. The van der Waals surface area contributed by atoms with Crippen LogP contribution in [0.25, 0.3) is 0 Å². The monoisotopic (exact) mass is 324 g/mol. The number of ether oxygens (including phenoxy) is 2. The highest BCUT2D eigenvalue weighted by atomic mass is 79.9. The highest BCUT2D eigenvalue weighted by molar-refractivity contribution is 9.10. The van der Waals surface area contributed by atoms with E-state index < -0.39 is 0 Å². The lowest BCUT2D eigenvalue weighted by molar-refractivity contribution is 0.0669. The maximum atomic E-state index is 5.89. The predicted molar refractivity (Wildman–Crippen MR) is 81.4 cm³/mol. The van der Waals surface area contributed by atoms with Crippen LogP contribution in [0.1, 0.15) is 25.3 Å². The number of hydrogen-bond donors (Lipinski definition) is 0. The van der Waals surface area contributed by atoms with Gasteiger partial charge in [-0.3, -0.25) is 0 Å². The molecule has 0 saturated heterocycles. The van der Waals surface area contributed by atoms with E-state index in [1.54, 1.807) is 7.11 Å². The van der Waals surface area contributed by atoms with Crippen LogP contribution in [0.15, 0.2) is 34.8 Å². The van der Waals surface area contributed by atoms with Crippen LogP contribution in [0.3, 0.4) is 0 Å². The minimum absolute atomic E-state index is 0.607. The van der Waals surface area contributed by atoms with Crippen LogP contribution in [0.4, 0.5) is 0 Å². The molecule has 0 bridgehead atoms. The molecule has 1 aromatic carbocycles. The number of methoxy groups -OCH3 is 1. The fraction of sp³-hybridized carbons (Fsp3) is 0.500. The van der Waals surface area contributed by atoms with E-state index in [2.05, 4.69) is 41.1 Å². The van der Waals surface area contributed by atoms with Crippen molar-refractivity contribution in [3.63, 3.8) is 0 Å². The molecule has 0 aromatic heterocycles. The molecule has 1 aliphatic carbocycles. The number of hydrogen-bond acceptors (Lipinski definition) is 2. The van der Waals surface area contributed by atoms with E-state index in [-0.39, 0.29) is 0 Å². The summed E-state index contributed by atoms with van der Waals surface area (Å²) in [5.41, 5.74) is 1.09. The zero-order chi connectivity index (χ0) is 13.7. The van der Waals surface area contributed by atoms with Gasteiger partial charge in [-0.05, 0) is 42.9 Å². The van der Waals surface area contributed by atoms with Crippen molar-refractivity contribution in [1.29, 1.82) is 0 Å². The second kappa shape index (κ2) is 7.11.